The van der Waals surface area contributed by atoms with Crippen molar-refractivity contribution in [3.8, 4) is 5.75 Å². The van der Waals surface area contributed by atoms with Gasteiger partial charge in [-0.2, -0.15) is 0 Å². The first-order chi connectivity index (χ1) is 7.63. The Kier molecular flexibility index (Phi) is 2.36. The molecule has 1 aromatic carbocycles. The molecule has 1 aromatic heterocycles. The number of phenols is 1. The minimum absolute atomic E-state index is 0.00755. The van der Waals surface area contributed by atoms with Gasteiger partial charge in [-0.05, 0) is 12.1 Å². The maximum Gasteiger partial charge on any atom is 0.339 e. The average Bonchev–Trinajstić information content (AvgIpc) is 2.27. The van der Waals surface area contributed by atoms with Crippen molar-refractivity contribution in [2.75, 3.05) is 7.11 Å². The standard InChI is InChI=1S/C11H8O5/c1-15-11(14)6-5-9(13)16-8-4-2-3-7(12)10(6)8/h2-5,12H,1H3. The van der Waals surface area contributed by atoms with Gasteiger partial charge in [0.05, 0.1) is 18.1 Å². The van der Waals surface area contributed by atoms with Gasteiger partial charge < -0.3 is 14.3 Å². The first kappa shape index (κ1) is 10.2. The number of carbonyl (C=O) groups is 1. The fourth-order valence-electron chi connectivity index (χ4n) is 1.47. The molecule has 5 heteroatoms. The van der Waals surface area contributed by atoms with Crippen LogP contribution in [0.3, 0.4) is 0 Å². The van der Waals surface area contributed by atoms with Crippen LogP contribution in [0.25, 0.3) is 11.0 Å². The van der Waals surface area contributed by atoms with Crippen LogP contribution < -0.4 is 5.63 Å². The van der Waals surface area contributed by atoms with Crippen LogP contribution in [0, 0.1) is 0 Å². The third kappa shape index (κ3) is 1.52. The molecule has 0 aliphatic heterocycles. The molecule has 0 spiro atoms. The highest BCUT2D eigenvalue weighted by molar-refractivity contribution is 6.05. The topological polar surface area (TPSA) is 76.7 Å². The second-order valence-electron chi connectivity index (χ2n) is 3.12. The fourth-order valence-corrected chi connectivity index (χ4v) is 1.47. The summed E-state index contributed by atoms with van der Waals surface area (Å²) in [5.41, 5.74) is -0.529. The molecule has 0 fully saturated rings. The van der Waals surface area contributed by atoms with E-state index in [-0.39, 0.29) is 22.3 Å². The Balaban J connectivity index is 2.91. The second kappa shape index (κ2) is 3.69. The summed E-state index contributed by atoms with van der Waals surface area (Å²) in [7, 11) is 1.20. The molecular weight excluding hydrogens is 212 g/mol. The molecule has 2 rings (SSSR count). The Labute approximate surface area is 89.9 Å². The minimum Gasteiger partial charge on any atom is -0.507 e. The van der Waals surface area contributed by atoms with Crippen molar-refractivity contribution in [2.24, 2.45) is 0 Å². The largest absolute Gasteiger partial charge is 0.507 e. The van der Waals surface area contributed by atoms with Crippen LogP contribution >= 0.6 is 0 Å². The molecule has 0 aliphatic carbocycles. The van der Waals surface area contributed by atoms with Gasteiger partial charge in [0.15, 0.2) is 0 Å². The summed E-state index contributed by atoms with van der Waals surface area (Å²) >= 11 is 0. The monoisotopic (exact) mass is 220 g/mol. The van der Waals surface area contributed by atoms with E-state index in [0.29, 0.717) is 0 Å². The van der Waals surface area contributed by atoms with Crippen LogP contribution in [0.15, 0.2) is 33.5 Å². The number of fused-ring (bicyclic) bond motifs is 1. The molecule has 0 aliphatic rings. The van der Waals surface area contributed by atoms with Crippen LogP contribution in [0.4, 0.5) is 0 Å². The first-order valence-corrected chi connectivity index (χ1v) is 4.47. The molecule has 1 heterocycles. The van der Waals surface area contributed by atoms with Gasteiger partial charge >= 0.3 is 11.6 Å². The van der Waals surface area contributed by atoms with E-state index >= 15 is 0 Å². The summed E-state index contributed by atoms with van der Waals surface area (Å²) in [5.74, 6) is -0.832. The number of aromatic hydroxyl groups is 1. The highest BCUT2D eigenvalue weighted by Gasteiger charge is 2.16. The number of esters is 1. The van der Waals surface area contributed by atoms with Gasteiger partial charge in [-0.1, -0.05) is 6.07 Å². The zero-order valence-electron chi connectivity index (χ0n) is 8.39. The van der Waals surface area contributed by atoms with Crippen LogP contribution in [0.2, 0.25) is 0 Å². The molecule has 5 nitrogen and oxygen atoms in total. The smallest absolute Gasteiger partial charge is 0.339 e. The molecule has 16 heavy (non-hydrogen) atoms. The lowest BCUT2D eigenvalue weighted by molar-refractivity contribution is 0.0602. The predicted octanol–water partition coefficient (Wildman–Crippen LogP) is 1.29. The van der Waals surface area contributed by atoms with Gasteiger partial charge in [-0.15, -0.1) is 0 Å². The number of hydrogen-bond acceptors (Lipinski definition) is 5. The number of benzene rings is 1. The van der Waals surface area contributed by atoms with Gasteiger partial charge in [-0.25, -0.2) is 9.59 Å². The fraction of sp³-hybridized carbons (Fsp3) is 0.0909. The van der Waals surface area contributed by atoms with Gasteiger partial charge in [0.2, 0.25) is 0 Å². The normalized spacial score (nSPS) is 10.3. The molecule has 0 unspecified atom stereocenters. The molecule has 2 aromatic rings. The molecule has 0 bridgehead atoms. The maximum absolute atomic E-state index is 11.4. The maximum atomic E-state index is 11.4. The van der Waals surface area contributed by atoms with E-state index in [1.165, 1.54) is 25.3 Å². The van der Waals surface area contributed by atoms with Crippen LogP contribution in [0.1, 0.15) is 10.4 Å². The SMILES string of the molecule is COC(=O)c1cc(=O)oc2cccc(O)c12. The highest BCUT2D eigenvalue weighted by Crippen LogP contribution is 2.26. The van der Waals surface area contributed by atoms with Crippen molar-refractivity contribution in [3.63, 3.8) is 0 Å². The van der Waals surface area contributed by atoms with Gasteiger partial charge in [0.1, 0.15) is 11.3 Å². The first-order valence-electron chi connectivity index (χ1n) is 4.47. The average molecular weight is 220 g/mol. The zero-order valence-corrected chi connectivity index (χ0v) is 8.39. The highest BCUT2D eigenvalue weighted by atomic mass is 16.5. The molecule has 0 radical (unpaired) electrons. The van der Waals surface area contributed by atoms with E-state index < -0.39 is 11.6 Å². The number of ether oxygens (including phenoxy) is 1. The minimum atomic E-state index is -0.695. The molecule has 0 saturated heterocycles. The Bertz CT molecular complexity index is 611. The van der Waals surface area contributed by atoms with Crippen molar-refractivity contribution in [1.82, 2.24) is 0 Å². The number of rotatable bonds is 1. The van der Waals surface area contributed by atoms with Crippen molar-refractivity contribution in [1.29, 1.82) is 0 Å². The van der Waals surface area contributed by atoms with Gasteiger partial charge in [0.25, 0.3) is 0 Å². The summed E-state index contributed by atoms with van der Waals surface area (Å²) in [6.07, 6.45) is 0. The number of carbonyl (C=O) groups excluding carboxylic acids is 1. The third-order valence-electron chi connectivity index (χ3n) is 2.15. The molecule has 1 N–H and O–H groups in total. The molecule has 0 amide bonds. The van der Waals surface area contributed by atoms with Crippen molar-refractivity contribution >= 4 is 16.9 Å². The van der Waals surface area contributed by atoms with Crippen molar-refractivity contribution < 1.29 is 19.1 Å². The Morgan fingerprint density at radius 3 is 2.88 bits per heavy atom. The molecular formula is C11H8O5. The van der Waals surface area contributed by atoms with Crippen molar-refractivity contribution in [2.45, 2.75) is 0 Å². The quantitative estimate of drug-likeness (QED) is 0.578. The number of methoxy groups -OCH3 is 1. The van der Waals surface area contributed by atoms with Crippen LogP contribution in [0.5, 0.6) is 5.75 Å². The predicted molar refractivity (Wildman–Crippen MR) is 55.5 cm³/mol. The summed E-state index contributed by atoms with van der Waals surface area (Å²) in [5, 5.41) is 9.79. The second-order valence-corrected chi connectivity index (χ2v) is 3.12. The van der Waals surface area contributed by atoms with E-state index in [1.807, 2.05) is 0 Å². The van der Waals surface area contributed by atoms with Crippen LogP contribution in [-0.2, 0) is 4.74 Å². The van der Waals surface area contributed by atoms with Gasteiger partial charge in [0, 0.05) is 6.07 Å². The van der Waals surface area contributed by atoms with E-state index in [2.05, 4.69) is 4.74 Å². The Hall–Kier alpha value is -2.30. The summed E-state index contributed by atoms with van der Waals surface area (Å²) in [6.45, 7) is 0. The van der Waals surface area contributed by atoms with E-state index in [4.69, 9.17) is 4.42 Å². The van der Waals surface area contributed by atoms with E-state index in [1.54, 1.807) is 0 Å². The van der Waals surface area contributed by atoms with E-state index in [9.17, 15) is 14.7 Å². The van der Waals surface area contributed by atoms with Gasteiger partial charge in [-0.3, -0.25) is 0 Å². The molecule has 0 atom stereocenters. The lowest BCUT2D eigenvalue weighted by Crippen LogP contribution is -2.08. The van der Waals surface area contributed by atoms with Crippen molar-refractivity contribution in [3.05, 3.63) is 40.2 Å². The molecule has 0 saturated carbocycles. The Morgan fingerprint density at radius 1 is 1.44 bits per heavy atom. The van der Waals surface area contributed by atoms with Crippen LogP contribution in [-0.4, -0.2) is 18.2 Å². The summed E-state index contributed by atoms with van der Waals surface area (Å²) < 4.78 is 9.38. The summed E-state index contributed by atoms with van der Waals surface area (Å²) in [6, 6.07) is 5.40. The lowest BCUT2D eigenvalue weighted by Gasteiger charge is -2.04. The zero-order chi connectivity index (χ0) is 11.7. The lowest BCUT2D eigenvalue weighted by atomic mass is 10.1. The molecule has 82 valence electrons. The summed E-state index contributed by atoms with van der Waals surface area (Å²) in [4.78, 5) is 22.6. The number of phenolic OH excluding ortho intramolecular Hbond substituents is 1. The third-order valence-corrected chi connectivity index (χ3v) is 2.15. The van der Waals surface area contributed by atoms with E-state index in [0.717, 1.165) is 6.07 Å². The number of hydrogen-bond donors (Lipinski definition) is 1. The Morgan fingerprint density at radius 2 is 2.19 bits per heavy atom.